The predicted molar refractivity (Wildman–Crippen MR) is 147 cm³/mol. The number of amides is 2. The maximum atomic E-state index is 12.9. The van der Waals surface area contributed by atoms with E-state index in [0.29, 0.717) is 17.9 Å². The molecule has 0 aromatic heterocycles. The topological polar surface area (TPSA) is 70.7 Å². The lowest BCUT2D eigenvalue weighted by Gasteiger charge is -2.21. The summed E-state index contributed by atoms with van der Waals surface area (Å²) >= 11 is 0. The largest absolute Gasteiger partial charge is 0.494 e. The van der Waals surface area contributed by atoms with E-state index in [1.165, 1.54) is 5.56 Å². The molecule has 0 radical (unpaired) electrons. The minimum atomic E-state index is -0.174. The van der Waals surface area contributed by atoms with Gasteiger partial charge in [-0.3, -0.25) is 9.59 Å². The summed E-state index contributed by atoms with van der Waals surface area (Å²) in [4.78, 5) is 27.3. The van der Waals surface area contributed by atoms with E-state index in [1.807, 2.05) is 65.6 Å². The smallest absolute Gasteiger partial charge is 0.253 e. The SMILES string of the molecule is CCCN(CCC)C(=O)c1cccc(NCC(=O)Nc2cccc(OCCCc3ccccc3)c2)c1. The number of nitrogens with one attached hydrogen (secondary N) is 2. The summed E-state index contributed by atoms with van der Waals surface area (Å²) in [5, 5.41) is 6.02. The zero-order valence-corrected chi connectivity index (χ0v) is 21.3. The Morgan fingerprint density at radius 1 is 0.833 bits per heavy atom. The first kappa shape index (κ1) is 26.8. The molecule has 0 spiro atoms. The third-order valence-electron chi connectivity index (χ3n) is 5.68. The number of hydrogen-bond acceptors (Lipinski definition) is 4. The van der Waals surface area contributed by atoms with Gasteiger partial charge >= 0.3 is 0 Å². The van der Waals surface area contributed by atoms with Crippen LogP contribution in [-0.4, -0.2) is 43.0 Å². The van der Waals surface area contributed by atoms with Crippen molar-refractivity contribution in [2.24, 2.45) is 0 Å². The number of benzene rings is 3. The summed E-state index contributed by atoms with van der Waals surface area (Å²) < 4.78 is 5.87. The normalized spacial score (nSPS) is 10.5. The van der Waals surface area contributed by atoms with Crippen molar-refractivity contribution in [3.63, 3.8) is 0 Å². The van der Waals surface area contributed by atoms with E-state index in [2.05, 4.69) is 36.6 Å². The van der Waals surface area contributed by atoms with E-state index in [-0.39, 0.29) is 18.4 Å². The molecule has 0 aliphatic carbocycles. The van der Waals surface area contributed by atoms with Crippen LogP contribution >= 0.6 is 0 Å². The van der Waals surface area contributed by atoms with Crippen LogP contribution in [0.5, 0.6) is 5.75 Å². The fourth-order valence-corrected chi connectivity index (χ4v) is 3.96. The monoisotopic (exact) mass is 487 g/mol. The maximum absolute atomic E-state index is 12.9. The molecule has 3 aromatic carbocycles. The number of ether oxygens (including phenoxy) is 1. The van der Waals surface area contributed by atoms with Gasteiger partial charge in [0.05, 0.1) is 13.2 Å². The van der Waals surface area contributed by atoms with Crippen molar-refractivity contribution in [3.05, 3.63) is 90.0 Å². The minimum Gasteiger partial charge on any atom is -0.494 e. The van der Waals surface area contributed by atoms with E-state index in [4.69, 9.17) is 4.74 Å². The lowest BCUT2D eigenvalue weighted by atomic mass is 10.1. The highest BCUT2D eigenvalue weighted by Crippen LogP contribution is 2.18. The summed E-state index contributed by atoms with van der Waals surface area (Å²) in [6.07, 6.45) is 3.72. The number of aryl methyl sites for hydroxylation is 1. The second kappa shape index (κ2) is 14.6. The first-order valence-corrected chi connectivity index (χ1v) is 12.8. The summed E-state index contributed by atoms with van der Waals surface area (Å²) in [5.41, 5.74) is 3.34. The van der Waals surface area contributed by atoms with Gasteiger partial charge in [0.15, 0.2) is 0 Å². The van der Waals surface area contributed by atoms with Crippen LogP contribution < -0.4 is 15.4 Å². The quantitative estimate of drug-likeness (QED) is 0.273. The second-order valence-corrected chi connectivity index (χ2v) is 8.74. The Bertz CT molecular complexity index is 1100. The molecule has 0 unspecified atom stereocenters. The van der Waals surface area contributed by atoms with E-state index < -0.39 is 0 Å². The molecule has 36 heavy (non-hydrogen) atoms. The molecule has 2 amide bonds. The molecule has 0 aliphatic heterocycles. The number of nitrogens with zero attached hydrogens (tertiary/aromatic N) is 1. The number of hydrogen-bond donors (Lipinski definition) is 2. The van der Waals surface area contributed by atoms with Crippen LogP contribution in [0.3, 0.4) is 0 Å². The lowest BCUT2D eigenvalue weighted by molar-refractivity contribution is -0.114. The average Bonchev–Trinajstić information content (AvgIpc) is 2.90. The van der Waals surface area contributed by atoms with Gasteiger partial charge in [-0.25, -0.2) is 0 Å². The lowest BCUT2D eigenvalue weighted by Crippen LogP contribution is -2.32. The Morgan fingerprint density at radius 2 is 1.56 bits per heavy atom. The minimum absolute atomic E-state index is 0.0207. The number of carbonyl (C=O) groups is 2. The van der Waals surface area contributed by atoms with Gasteiger partial charge in [0.2, 0.25) is 5.91 Å². The van der Waals surface area contributed by atoms with Crippen LogP contribution in [0.2, 0.25) is 0 Å². The first-order chi connectivity index (χ1) is 17.6. The van der Waals surface area contributed by atoms with Gasteiger partial charge in [0, 0.05) is 36.1 Å². The van der Waals surface area contributed by atoms with Crippen molar-refractivity contribution in [2.75, 3.05) is 36.9 Å². The molecule has 6 heteroatoms. The summed E-state index contributed by atoms with van der Waals surface area (Å²) in [6.45, 7) is 6.32. The van der Waals surface area contributed by atoms with Crippen molar-refractivity contribution >= 4 is 23.2 Å². The zero-order chi connectivity index (χ0) is 25.6. The van der Waals surface area contributed by atoms with Gasteiger partial charge in [0.1, 0.15) is 5.75 Å². The highest BCUT2D eigenvalue weighted by atomic mass is 16.5. The molecule has 0 atom stereocenters. The molecule has 6 nitrogen and oxygen atoms in total. The predicted octanol–water partition coefficient (Wildman–Crippen LogP) is 6.01. The van der Waals surface area contributed by atoms with Gasteiger partial charge < -0.3 is 20.3 Å². The standard InChI is InChI=1S/C30H37N3O3/c1-3-18-33(19-4-2)30(35)25-14-8-15-26(21-25)31-23-29(34)32-27-16-9-17-28(22-27)36-20-10-13-24-11-6-5-7-12-24/h5-9,11-12,14-17,21-22,31H,3-4,10,13,18-20,23H2,1-2H3,(H,32,34). The van der Waals surface area contributed by atoms with Gasteiger partial charge in [0.25, 0.3) is 5.91 Å². The van der Waals surface area contributed by atoms with Crippen LogP contribution in [0.1, 0.15) is 49.0 Å². The van der Waals surface area contributed by atoms with Crippen molar-refractivity contribution < 1.29 is 14.3 Å². The Kier molecular flexibility index (Phi) is 10.8. The zero-order valence-electron chi connectivity index (χ0n) is 21.3. The van der Waals surface area contributed by atoms with Crippen LogP contribution in [0.4, 0.5) is 11.4 Å². The summed E-state index contributed by atoms with van der Waals surface area (Å²) in [6, 6.07) is 25.1. The van der Waals surface area contributed by atoms with E-state index >= 15 is 0 Å². The molecule has 0 saturated heterocycles. The number of anilines is 2. The number of carbonyl (C=O) groups excluding carboxylic acids is 2. The third-order valence-corrected chi connectivity index (χ3v) is 5.68. The van der Waals surface area contributed by atoms with Crippen LogP contribution in [0, 0.1) is 0 Å². The van der Waals surface area contributed by atoms with Crippen LogP contribution in [-0.2, 0) is 11.2 Å². The highest BCUT2D eigenvalue weighted by Gasteiger charge is 2.14. The Balaban J connectivity index is 1.47. The van der Waals surface area contributed by atoms with E-state index in [1.54, 1.807) is 6.07 Å². The van der Waals surface area contributed by atoms with Crippen molar-refractivity contribution in [1.29, 1.82) is 0 Å². The molecule has 0 aliphatic rings. The summed E-state index contributed by atoms with van der Waals surface area (Å²) in [5.74, 6) is 0.572. The Hall–Kier alpha value is -3.80. The van der Waals surface area contributed by atoms with E-state index in [0.717, 1.165) is 50.2 Å². The fourth-order valence-electron chi connectivity index (χ4n) is 3.96. The fraction of sp³-hybridized carbons (Fsp3) is 0.333. The molecule has 3 rings (SSSR count). The highest BCUT2D eigenvalue weighted by molar-refractivity contribution is 5.96. The first-order valence-electron chi connectivity index (χ1n) is 12.8. The maximum Gasteiger partial charge on any atom is 0.253 e. The van der Waals surface area contributed by atoms with Crippen LogP contribution in [0.25, 0.3) is 0 Å². The molecule has 0 bridgehead atoms. The van der Waals surface area contributed by atoms with Crippen molar-refractivity contribution in [2.45, 2.75) is 39.5 Å². The van der Waals surface area contributed by atoms with Gasteiger partial charge in [-0.15, -0.1) is 0 Å². The Morgan fingerprint density at radius 3 is 2.31 bits per heavy atom. The van der Waals surface area contributed by atoms with Crippen molar-refractivity contribution in [1.82, 2.24) is 4.90 Å². The molecular formula is C30H37N3O3. The molecular weight excluding hydrogens is 450 g/mol. The second-order valence-electron chi connectivity index (χ2n) is 8.74. The van der Waals surface area contributed by atoms with Crippen molar-refractivity contribution in [3.8, 4) is 5.75 Å². The number of rotatable bonds is 14. The van der Waals surface area contributed by atoms with Gasteiger partial charge in [-0.2, -0.15) is 0 Å². The summed E-state index contributed by atoms with van der Waals surface area (Å²) in [7, 11) is 0. The van der Waals surface area contributed by atoms with Crippen LogP contribution in [0.15, 0.2) is 78.9 Å². The molecule has 0 fully saturated rings. The molecule has 3 aromatic rings. The van der Waals surface area contributed by atoms with Gasteiger partial charge in [-0.05, 0) is 61.6 Å². The van der Waals surface area contributed by atoms with E-state index in [9.17, 15) is 9.59 Å². The molecule has 0 heterocycles. The third kappa shape index (κ3) is 8.77. The molecule has 2 N–H and O–H groups in total. The Labute approximate surface area is 214 Å². The molecule has 190 valence electrons. The average molecular weight is 488 g/mol. The molecule has 0 saturated carbocycles. The van der Waals surface area contributed by atoms with Gasteiger partial charge in [-0.1, -0.05) is 56.3 Å².